The average Bonchev–Trinajstić information content (AvgIpc) is 2.72. The summed E-state index contributed by atoms with van der Waals surface area (Å²) in [5, 5.41) is 4.46. The topological polar surface area (TPSA) is 62.2 Å². The van der Waals surface area contributed by atoms with Crippen LogP contribution in [0.2, 0.25) is 0 Å². The highest BCUT2D eigenvalue weighted by Gasteiger charge is 2.47. The first-order valence-electron chi connectivity index (χ1n) is 5.50. The minimum absolute atomic E-state index is 0.0787. The van der Waals surface area contributed by atoms with Gasteiger partial charge >= 0.3 is 6.09 Å². The first-order valence-corrected chi connectivity index (χ1v) is 5.50. The van der Waals surface area contributed by atoms with Crippen molar-refractivity contribution in [3.8, 4) is 0 Å². The van der Waals surface area contributed by atoms with Crippen LogP contribution in [0.3, 0.4) is 0 Å². The van der Waals surface area contributed by atoms with E-state index in [2.05, 4.69) is 5.29 Å². The molecule has 0 aromatic rings. The van der Waals surface area contributed by atoms with Crippen LogP contribution in [0.25, 0.3) is 0 Å². The Hall–Kier alpha value is -1.33. The normalized spacial score (nSPS) is 28.4. The van der Waals surface area contributed by atoms with E-state index >= 15 is 0 Å². The largest absolute Gasteiger partial charge is 0.444 e. The summed E-state index contributed by atoms with van der Waals surface area (Å²) in [5.74, 6) is 0. The van der Waals surface area contributed by atoms with Gasteiger partial charge in [0.1, 0.15) is 5.60 Å². The van der Waals surface area contributed by atoms with Crippen molar-refractivity contribution in [1.29, 1.82) is 0 Å². The van der Waals surface area contributed by atoms with Crippen LogP contribution < -0.4 is 0 Å². The number of rotatable bonds is 1. The zero-order chi connectivity index (χ0) is 11.9. The van der Waals surface area contributed by atoms with Crippen LogP contribution in [0.4, 0.5) is 4.79 Å². The summed E-state index contributed by atoms with van der Waals surface area (Å²) < 4.78 is 5.30. The molecule has 2 aliphatic rings. The van der Waals surface area contributed by atoms with E-state index in [0.29, 0.717) is 13.1 Å². The zero-order valence-electron chi connectivity index (χ0n) is 9.84. The number of nitroso groups, excluding NO2 is 1. The molecule has 6 nitrogen and oxygen atoms in total. The van der Waals surface area contributed by atoms with Gasteiger partial charge in [0.2, 0.25) is 0 Å². The molecule has 16 heavy (non-hydrogen) atoms. The van der Waals surface area contributed by atoms with Gasteiger partial charge < -0.3 is 9.64 Å². The molecule has 0 spiro atoms. The number of amides is 1. The fourth-order valence-corrected chi connectivity index (χ4v) is 2.29. The lowest BCUT2D eigenvalue weighted by molar-refractivity contribution is 0.0130. The molecule has 1 amide bonds. The van der Waals surface area contributed by atoms with E-state index in [1.54, 1.807) is 4.90 Å². The smallest absolute Gasteiger partial charge is 0.410 e. The molecule has 2 atom stereocenters. The van der Waals surface area contributed by atoms with Crippen molar-refractivity contribution < 1.29 is 9.53 Å². The first-order chi connectivity index (χ1) is 7.40. The van der Waals surface area contributed by atoms with Gasteiger partial charge in [-0.1, -0.05) is 0 Å². The SMILES string of the molecule is CC(C)(C)OC(=O)N1C[C@@H]2C[C@H]1CN2N=O. The lowest BCUT2D eigenvalue weighted by Crippen LogP contribution is -2.48. The Bertz CT molecular complexity index is 313. The second-order valence-corrected chi connectivity index (χ2v) is 5.38. The van der Waals surface area contributed by atoms with E-state index in [-0.39, 0.29) is 18.2 Å². The van der Waals surface area contributed by atoms with Crippen molar-refractivity contribution in [2.45, 2.75) is 44.9 Å². The number of likely N-dealkylation sites (tertiary alicyclic amines) is 1. The maximum atomic E-state index is 11.8. The molecule has 0 N–H and O–H groups in total. The van der Waals surface area contributed by atoms with Crippen LogP contribution in [0.15, 0.2) is 5.29 Å². The van der Waals surface area contributed by atoms with E-state index in [1.807, 2.05) is 20.8 Å². The second-order valence-electron chi connectivity index (χ2n) is 5.38. The van der Waals surface area contributed by atoms with Crippen LogP contribution in [-0.4, -0.2) is 46.8 Å². The third kappa shape index (κ3) is 1.96. The van der Waals surface area contributed by atoms with Gasteiger partial charge in [-0.15, -0.1) is 4.91 Å². The third-order valence-corrected chi connectivity index (χ3v) is 2.94. The molecule has 0 aromatic carbocycles. The van der Waals surface area contributed by atoms with E-state index in [0.717, 1.165) is 6.42 Å². The van der Waals surface area contributed by atoms with Crippen LogP contribution >= 0.6 is 0 Å². The second kappa shape index (κ2) is 3.61. The number of hydrogen-bond donors (Lipinski definition) is 0. The Morgan fingerprint density at radius 1 is 1.31 bits per heavy atom. The Labute approximate surface area is 94.5 Å². The Balaban J connectivity index is 1.95. The van der Waals surface area contributed by atoms with Gasteiger partial charge in [-0.05, 0) is 27.2 Å². The van der Waals surface area contributed by atoms with Gasteiger partial charge in [0.25, 0.3) is 0 Å². The van der Waals surface area contributed by atoms with E-state index in [4.69, 9.17) is 4.74 Å². The average molecular weight is 227 g/mol. The van der Waals surface area contributed by atoms with Gasteiger partial charge in [-0.25, -0.2) is 4.79 Å². The molecule has 90 valence electrons. The highest BCUT2D eigenvalue weighted by molar-refractivity contribution is 5.69. The van der Waals surface area contributed by atoms with Crippen molar-refractivity contribution in [2.75, 3.05) is 13.1 Å². The number of carbonyl (C=O) groups excluding carboxylic acids is 1. The summed E-state index contributed by atoms with van der Waals surface area (Å²) in [6, 6.07) is 0.160. The molecule has 0 aliphatic carbocycles. The molecule has 2 fully saturated rings. The van der Waals surface area contributed by atoms with Gasteiger partial charge in [-0.2, -0.15) is 0 Å². The molecule has 0 saturated carbocycles. The number of fused-ring (bicyclic) bond motifs is 2. The number of hydrogen-bond acceptors (Lipinski definition) is 4. The number of carbonyl (C=O) groups is 1. The molecule has 2 heterocycles. The van der Waals surface area contributed by atoms with Crippen molar-refractivity contribution in [3.63, 3.8) is 0 Å². The summed E-state index contributed by atoms with van der Waals surface area (Å²) in [7, 11) is 0. The highest BCUT2D eigenvalue weighted by Crippen LogP contribution is 2.31. The van der Waals surface area contributed by atoms with Gasteiger partial charge in [0, 0.05) is 6.54 Å². The number of nitrogens with zero attached hydrogens (tertiary/aromatic N) is 3. The van der Waals surface area contributed by atoms with Gasteiger partial charge in [0.15, 0.2) is 0 Å². The first kappa shape index (κ1) is 11.2. The molecule has 2 bridgehead atoms. The molecule has 2 saturated heterocycles. The maximum absolute atomic E-state index is 11.8. The summed E-state index contributed by atoms with van der Waals surface area (Å²) in [6.45, 7) is 6.62. The lowest BCUT2D eigenvalue weighted by atomic mass is 10.2. The molecule has 0 unspecified atom stereocenters. The summed E-state index contributed by atoms with van der Waals surface area (Å²) in [6.07, 6.45) is 0.538. The van der Waals surface area contributed by atoms with Crippen molar-refractivity contribution in [2.24, 2.45) is 5.29 Å². The highest BCUT2D eigenvalue weighted by atomic mass is 16.6. The minimum Gasteiger partial charge on any atom is -0.444 e. The summed E-state index contributed by atoms with van der Waals surface area (Å²) in [5.41, 5.74) is -0.471. The van der Waals surface area contributed by atoms with Crippen LogP contribution in [0.5, 0.6) is 0 Å². The lowest BCUT2D eigenvalue weighted by Gasteiger charge is -2.32. The van der Waals surface area contributed by atoms with Crippen LogP contribution in [-0.2, 0) is 4.74 Å². The fraction of sp³-hybridized carbons (Fsp3) is 0.900. The summed E-state index contributed by atoms with van der Waals surface area (Å²) >= 11 is 0. The predicted octanol–water partition coefficient (Wildman–Crippen LogP) is 1.36. The summed E-state index contributed by atoms with van der Waals surface area (Å²) in [4.78, 5) is 24.0. The monoisotopic (exact) mass is 227 g/mol. The van der Waals surface area contributed by atoms with E-state index < -0.39 is 5.60 Å². The number of ether oxygens (including phenoxy) is 1. The molecular weight excluding hydrogens is 210 g/mol. The standard InChI is InChI=1S/C10H17N3O3/c1-10(2,3)16-9(14)12-5-8-4-7(12)6-13(8)11-15/h7-8H,4-6H2,1-3H3/t7-,8-/m0/s1. The van der Waals surface area contributed by atoms with Crippen molar-refractivity contribution in [3.05, 3.63) is 4.91 Å². The minimum atomic E-state index is -0.471. The Morgan fingerprint density at radius 2 is 2.00 bits per heavy atom. The van der Waals surface area contributed by atoms with E-state index in [1.165, 1.54) is 5.01 Å². The quantitative estimate of drug-likeness (QED) is 0.634. The Kier molecular flexibility index (Phi) is 2.52. The number of piperazine rings is 1. The molecule has 0 aromatic heterocycles. The predicted molar refractivity (Wildman–Crippen MR) is 57.6 cm³/mol. The van der Waals surface area contributed by atoms with Gasteiger partial charge in [-0.3, -0.25) is 5.01 Å². The fourth-order valence-electron chi connectivity index (χ4n) is 2.29. The molecule has 0 radical (unpaired) electrons. The van der Waals surface area contributed by atoms with Crippen molar-refractivity contribution in [1.82, 2.24) is 9.91 Å². The third-order valence-electron chi connectivity index (χ3n) is 2.94. The molecule has 6 heteroatoms. The van der Waals surface area contributed by atoms with Gasteiger partial charge in [0.05, 0.1) is 23.9 Å². The van der Waals surface area contributed by atoms with Crippen molar-refractivity contribution >= 4 is 6.09 Å². The molecular formula is C10H17N3O3. The molecule has 2 rings (SSSR count). The van der Waals surface area contributed by atoms with Crippen LogP contribution in [0.1, 0.15) is 27.2 Å². The molecule has 2 aliphatic heterocycles. The zero-order valence-corrected chi connectivity index (χ0v) is 9.84. The Morgan fingerprint density at radius 3 is 2.44 bits per heavy atom. The van der Waals surface area contributed by atoms with E-state index in [9.17, 15) is 9.70 Å². The van der Waals surface area contributed by atoms with Crippen LogP contribution in [0, 0.1) is 4.91 Å². The maximum Gasteiger partial charge on any atom is 0.410 e.